The third kappa shape index (κ3) is 3.43. The number of carbonyl (C=O) groups is 2. The quantitative estimate of drug-likeness (QED) is 0.706. The Morgan fingerprint density at radius 1 is 1.10 bits per heavy atom. The van der Waals surface area contributed by atoms with Gasteiger partial charge < -0.3 is 10.6 Å². The van der Waals surface area contributed by atoms with E-state index < -0.39 is 5.41 Å². The molecule has 0 bridgehead atoms. The number of hydrogen-bond donors (Lipinski definition) is 2. The van der Waals surface area contributed by atoms with Crippen LogP contribution >= 0.6 is 23.2 Å². The third-order valence-corrected chi connectivity index (χ3v) is 6.66. The summed E-state index contributed by atoms with van der Waals surface area (Å²) >= 11 is 12.5. The van der Waals surface area contributed by atoms with Gasteiger partial charge >= 0.3 is 0 Å². The number of nitrogens with one attached hydrogen (secondary N) is 2. The van der Waals surface area contributed by atoms with Gasteiger partial charge in [-0.15, -0.1) is 0 Å². The van der Waals surface area contributed by atoms with Crippen molar-refractivity contribution in [1.82, 2.24) is 5.32 Å². The van der Waals surface area contributed by atoms with Crippen LogP contribution in [0.15, 0.2) is 42.5 Å². The van der Waals surface area contributed by atoms with Gasteiger partial charge in [-0.05, 0) is 53.6 Å². The Balaban J connectivity index is 1.99. The van der Waals surface area contributed by atoms with Gasteiger partial charge in [0.15, 0.2) is 0 Å². The Morgan fingerprint density at radius 2 is 1.86 bits per heavy atom. The first-order chi connectivity index (χ1) is 13.8. The lowest BCUT2D eigenvalue weighted by molar-refractivity contribution is -0.124. The molecule has 0 aromatic heterocycles. The van der Waals surface area contributed by atoms with Crippen molar-refractivity contribution in [2.24, 2.45) is 11.8 Å². The van der Waals surface area contributed by atoms with Crippen molar-refractivity contribution in [2.45, 2.75) is 38.0 Å². The molecule has 1 saturated heterocycles. The molecule has 0 aliphatic carbocycles. The zero-order valence-electron chi connectivity index (χ0n) is 16.5. The zero-order chi connectivity index (χ0) is 20.8. The van der Waals surface area contributed by atoms with E-state index in [-0.39, 0.29) is 30.1 Å². The van der Waals surface area contributed by atoms with Crippen molar-refractivity contribution in [3.63, 3.8) is 0 Å². The molecule has 2 heterocycles. The number of carbonyl (C=O) groups excluding carboxylic acids is 2. The van der Waals surface area contributed by atoms with E-state index in [0.29, 0.717) is 22.5 Å². The van der Waals surface area contributed by atoms with Crippen LogP contribution < -0.4 is 10.6 Å². The molecule has 0 unspecified atom stereocenters. The Labute approximate surface area is 181 Å². The molecule has 4 nitrogen and oxygen atoms in total. The van der Waals surface area contributed by atoms with Crippen molar-refractivity contribution in [2.75, 3.05) is 11.9 Å². The number of fused-ring (bicyclic) bond motifs is 2. The highest BCUT2D eigenvalue weighted by Gasteiger charge is 2.58. The summed E-state index contributed by atoms with van der Waals surface area (Å²) in [7, 11) is 0. The van der Waals surface area contributed by atoms with Crippen molar-refractivity contribution < 1.29 is 9.59 Å². The monoisotopic (exact) mass is 430 g/mol. The third-order valence-electron chi connectivity index (χ3n) is 6.19. The van der Waals surface area contributed by atoms with Crippen LogP contribution in [0.1, 0.15) is 43.7 Å². The van der Waals surface area contributed by atoms with E-state index in [1.165, 1.54) is 0 Å². The zero-order valence-corrected chi connectivity index (χ0v) is 18.0. The SMILES string of the molecule is CC(C)C[C@@H]1CNC(=O)C[C@H](c2cccc(Cl)c2)[C@@]12C(=O)Nc1cc(Cl)ccc12. The average molecular weight is 431 g/mol. The predicted molar refractivity (Wildman–Crippen MR) is 117 cm³/mol. The maximum Gasteiger partial charge on any atom is 0.236 e. The summed E-state index contributed by atoms with van der Waals surface area (Å²) in [6.07, 6.45) is 1.04. The second-order valence-electron chi connectivity index (χ2n) is 8.46. The molecule has 2 amide bonds. The topological polar surface area (TPSA) is 58.2 Å². The number of benzene rings is 2. The number of halogens is 2. The molecular formula is C23H24Cl2N2O2. The first-order valence-electron chi connectivity index (χ1n) is 9.96. The fourth-order valence-corrected chi connectivity index (χ4v) is 5.49. The van der Waals surface area contributed by atoms with E-state index in [0.717, 1.165) is 23.2 Å². The molecule has 0 radical (unpaired) electrons. The van der Waals surface area contributed by atoms with Gasteiger partial charge in [-0.2, -0.15) is 0 Å². The van der Waals surface area contributed by atoms with Crippen LogP contribution in [0, 0.1) is 11.8 Å². The molecule has 2 aliphatic rings. The Hall–Kier alpha value is -2.04. The maximum atomic E-state index is 13.7. The molecule has 1 spiro atoms. The average Bonchev–Trinajstić information content (AvgIpc) is 2.85. The van der Waals surface area contributed by atoms with E-state index >= 15 is 0 Å². The highest BCUT2D eigenvalue weighted by Crippen LogP contribution is 2.55. The molecule has 2 aromatic carbocycles. The number of hydrogen-bond acceptors (Lipinski definition) is 2. The van der Waals surface area contributed by atoms with Gasteiger partial charge in [0.05, 0.1) is 5.41 Å². The van der Waals surface area contributed by atoms with Gasteiger partial charge in [0.1, 0.15) is 0 Å². The van der Waals surface area contributed by atoms with E-state index in [4.69, 9.17) is 23.2 Å². The van der Waals surface area contributed by atoms with Crippen LogP contribution in [0.4, 0.5) is 5.69 Å². The molecule has 2 aromatic rings. The summed E-state index contributed by atoms with van der Waals surface area (Å²) < 4.78 is 0. The summed E-state index contributed by atoms with van der Waals surface area (Å²) in [6.45, 7) is 4.75. The fourth-order valence-electron chi connectivity index (χ4n) is 5.12. The fraction of sp³-hybridized carbons (Fsp3) is 0.391. The first kappa shape index (κ1) is 20.2. The normalized spacial score (nSPS) is 26.2. The van der Waals surface area contributed by atoms with Gasteiger partial charge in [0, 0.05) is 34.6 Å². The van der Waals surface area contributed by atoms with Crippen LogP contribution in [0.25, 0.3) is 0 Å². The van der Waals surface area contributed by atoms with Gasteiger partial charge in [-0.1, -0.05) is 55.2 Å². The molecule has 3 atom stereocenters. The van der Waals surface area contributed by atoms with Crippen LogP contribution in [-0.2, 0) is 15.0 Å². The van der Waals surface area contributed by atoms with Crippen molar-refractivity contribution in [3.8, 4) is 0 Å². The van der Waals surface area contributed by atoms with Crippen molar-refractivity contribution in [3.05, 3.63) is 63.6 Å². The smallest absolute Gasteiger partial charge is 0.236 e. The van der Waals surface area contributed by atoms with E-state index in [9.17, 15) is 9.59 Å². The lowest BCUT2D eigenvalue weighted by atomic mass is 9.59. The lowest BCUT2D eigenvalue weighted by Crippen LogP contribution is -2.48. The number of anilines is 1. The minimum Gasteiger partial charge on any atom is -0.356 e. The molecule has 2 aliphatic heterocycles. The lowest BCUT2D eigenvalue weighted by Gasteiger charge is -2.41. The highest BCUT2D eigenvalue weighted by atomic mass is 35.5. The van der Waals surface area contributed by atoms with Crippen LogP contribution in [0.3, 0.4) is 0 Å². The molecule has 29 heavy (non-hydrogen) atoms. The van der Waals surface area contributed by atoms with Gasteiger partial charge in [-0.3, -0.25) is 9.59 Å². The van der Waals surface area contributed by atoms with E-state index in [2.05, 4.69) is 24.5 Å². The minimum absolute atomic E-state index is 0.0455. The Kier molecular flexibility index (Phi) is 5.34. The van der Waals surface area contributed by atoms with E-state index in [1.54, 1.807) is 6.07 Å². The molecule has 2 N–H and O–H groups in total. The Bertz CT molecular complexity index is 975. The molecule has 4 rings (SSSR count). The van der Waals surface area contributed by atoms with Crippen LogP contribution in [-0.4, -0.2) is 18.4 Å². The maximum absolute atomic E-state index is 13.7. The summed E-state index contributed by atoms with van der Waals surface area (Å²) in [5, 5.41) is 7.28. The van der Waals surface area contributed by atoms with Gasteiger partial charge in [-0.25, -0.2) is 0 Å². The number of rotatable bonds is 3. The highest BCUT2D eigenvalue weighted by molar-refractivity contribution is 6.31. The summed E-state index contributed by atoms with van der Waals surface area (Å²) in [5.41, 5.74) is 1.69. The van der Waals surface area contributed by atoms with E-state index in [1.807, 2.05) is 36.4 Å². The van der Waals surface area contributed by atoms with Gasteiger partial charge in [0.2, 0.25) is 11.8 Å². The standard InChI is InChI=1S/C23H24Cl2N2O2/c1-13(2)8-15-12-26-21(28)11-19(14-4-3-5-16(24)9-14)23(15)18-7-6-17(25)10-20(18)27-22(23)29/h3-7,9-10,13,15,19H,8,11-12H2,1-2H3,(H,26,28)(H,27,29)/t15-,19-,23-/m1/s1. The second kappa shape index (κ2) is 7.66. The van der Waals surface area contributed by atoms with Crippen LogP contribution in [0.2, 0.25) is 10.0 Å². The summed E-state index contributed by atoms with van der Waals surface area (Å²) in [4.78, 5) is 26.4. The largest absolute Gasteiger partial charge is 0.356 e. The molecule has 1 fully saturated rings. The molecule has 6 heteroatoms. The van der Waals surface area contributed by atoms with Crippen molar-refractivity contribution >= 4 is 40.7 Å². The van der Waals surface area contributed by atoms with Gasteiger partial charge in [0.25, 0.3) is 0 Å². The molecule has 152 valence electrons. The Morgan fingerprint density at radius 3 is 2.59 bits per heavy atom. The molecular weight excluding hydrogens is 407 g/mol. The predicted octanol–water partition coefficient (Wildman–Crippen LogP) is 5.15. The minimum atomic E-state index is -0.867. The summed E-state index contributed by atoms with van der Waals surface area (Å²) in [6, 6.07) is 13.1. The first-order valence-corrected chi connectivity index (χ1v) is 10.7. The second-order valence-corrected chi connectivity index (χ2v) is 9.33. The van der Waals surface area contributed by atoms with Crippen molar-refractivity contribution in [1.29, 1.82) is 0 Å². The number of amides is 2. The summed E-state index contributed by atoms with van der Waals surface area (Å²) in [5.74, 6) is -0.121. The molecule has 0 saturated carbocycles. The van der Waals surface area contributed by atoms with Crippen LogP contribution in [0.5, 0.6) is 0 Å².